The molecule has 0 bridgehead atoms. The van der Waals surface area contributed by atoms with Crippen LogP contribution >= 0.6 is 0 Å². The van der Waals surface area contributed by atoms with E-state index < -0.39 is 0 Å². The highest BCUT2D eigenvalue weighted by Gasteiger charge is 1.83. The lowest BCUT2D eigenvalue weighted by molar-refractivity contribution is -0.116. The summed E-state index contributed by atoms with van der Waals surface area (Å²) < 4.78 is 0. The van der Waals surface area contributed by atoms with E-state index in [1.807, 2.05) is 0 Å². The van der Waals surface area contributed by atoms with Crippen LogP contribution in [-0.4, -0.2) is 5.78 Å². The number of hydrogen-bond donors (Lipinski definition) is 1. The first-order chi connectivity index (χ1) is 5.54. The fourth-order valence-corrected chi connectivity index (χ4v) is 0.213. The third-order valence-corrected chi connectivity index (χ3v) is 0.620. The number of carbonyl (C=O) groups is 1. The second-order valence-corrected chi connectivity index (χ2v) is 2.05. The number of ketones is 1. The lowest BCUT2D eigenvalue weighted by atomic mass is 10.3. The topological polar surface area (TPSA) is 90.7 Å². The van der Waals surface area contributed by atoms with E-state index in [1.54, 1.807) is 19.1 Å². The molecule has 0 aromatic carbocycles. The molecule has 12 heavy (non-hydrogen) atoms. The summed E-state index contributed by atoms with van der Waals surface area (Å²) in [5, 5.41) is 15.6. The smallest absolute Gasteiger partial charge is 0.143 e. The predicted octanol–water partition coefficient (Wildman–Crippen LogP) is 0.862. The molecule has 4 heteroatoms. The van der Waals surface area contributed by atoms with Gasteiger partial charge in [-0.05, 0) is 13.8 Å². The molecule has 4 nitrogen and oxygen atoms in total. The summed E-state index contributed by atoms with van der Waals surface area (Å²) in [6.45, 7) is 3.06. The number of nitrogens with two attached hydrogens (primary N) is 1. The van der Waals surface area contributed by atoms with Crippen LogP contribution < -0.4 is 5.73 Å². The molecule has 0 aromatic heterocycles. The molecular weight excluding hydrogens is 154 g/mol. The quantitative estimate of drug-likeness (QED) is 0.583. The Hall–Kier alpha value is -1.81. The van der Waals surface area contributed by atoms with Crippen molar-refractivity contribution in [1.29, 1.82) is 10.5 Å². The summed E-state index contributed by atoms with van der Waals surface area (Å²) in [6.07, 6.45) is 1.33. The molecule has 0 radical (unpaired) electrons. The second kappa shape index (κ2) is 9.19. The van der Waals surface area contributed by atoms with Crippen molar-refractivity contribution < 1.29 is 4.79 Å². The van der Waals surface area contributed by atoms with E-state index in [9.17, 15) is 4.79 Å². The molecule has 0 spiro atoms. The van der Waals surface area contributed by atoms with Crippen molar-refractivity contribution in [2.45, 2.75) is 20.3 Å². The molecule has 2 N–H and O–H groups in total. The predicted molar refractivity (Wildman–Crippen MR) is 44.5 cm³/mol. The average molecular weight is 165 g/mol. The average Bonchev–Trinajstić information content (AvgIpc) is 1.87. The minimum atomic E-state index is -0.0718. The molecule has 0 atom stereocenters. The minimum Gasteiger partial charge on any atom is -0.402 e. The normalized spacial score (nSPS) is 8.50. The number of nitrogens with zero attached hydrogens (tertiary/aromatic N) is 2. The standard InChI is InChI=1S/C4H6N2.C4H5NO/c2*1-4(6)2-3-5/h2H,6H2,1H3;2H2,1H3. The maximum absolute atomic E-state index is 9.82. The maximum Gasteiger partial charge on any atom is 0.143 e. The molecule has 0 heterocycles. The highest BCUT2D eigenvalue weighted by atomic mass is 16.1. The molecule has 64 valence electrons. The number of carbonyl (C=O) groups excluding carboxylic acids is 1. The Kier molecular flexibility index (Phi) is 9.83. The monoisotopic (exact) mass is 165 g/mol. The van der Waals surface area contributed by atoms with E-state index in [0.29, 0.717) is 5.70 Å². The van der Waals surface area contributed by atoms with Gasteiger partial charge >= 0.3 is 0 Å². The van der Waals surface area contributed by atoms with E-state index >= 15 is 0 Å². The summed E-state index contributed by atoms with van der Waals surface area (Å²) in [7, 11) is 0. The highest BCUT2D eigenvalue weighted by molar-refractivity contribution is 5.77. The largest absolute Gasteiger partial charge is 0.402 e. The van der Waals surface area contributed by atoms with Crippen molar-refractivity contribution in [3.63, 3.8) is 0 Å². The van der Waals surface area contributed by atoms with Gasteiger partial charge in [0.05, 0.1) is 18.6 Å². The van der Waals surface area contributed by atoms with Crippen molar-refractivity contribution in [3.05, 3.63) is 11.8 Å². The number of nitriles is 2. The van der Waals surface area contributed by atoms with Crippen LogP contribution in [0.15, 0.2) is 11.8 Å². The van der Waals surface area contributed by atoms with Crippen LogP contribution in [0.2, 0.25) is 0 Å². The van der Waals surface area contributed by atoms with Crippen LogP contribution in [-0.2, 0) is 4.79 Å². The molecule has 0 saturated carbocycles. The van der Waals surface area contributed by atoms with E-state index in [2.05, 4.69) is 0 Å². The van der Waals surface area contributed by atoms with Crippen LogP contribution in [0, 0.1) is 22.7 Å². The summed E-state index contributed by atoms with van der Waals surface area (Å²) in [6, 6.07) is 3.50. The van der Waals surface area contributed by atoms with Gasteiger partial charge in [-0.15, -0.1) is 0 Å². The van der Waals surface area contributed by atoms with Gasteiger partial charge in [0.1, 0.15) is 5.78 Å². The van der Waals surface area contributed by atoms with Crippen LogP contribution in [0.4, 0.5) is 0 Å². The van der Waals surface area contributed by atoms with Gasteiger partial charge in [-0.3, -0.25) is 4.79 Å². The Morgan fingerprint density at radius 2 is 2.00 bits per heavy atom. The molecule has 0 saturated heterocycles. The highest BCUT2D eigenvalue weighted by Crippen LogP contribution is 1.72. The zero-order valence-electron chi connectivity index (χ0n) is 7.16. The first-order valence-electron chi connectivity index (χ1n) is 3.22. The summed E-state index contributed by atoms with van der Waals surface area (Å²) in [4.78, 5) is 9.82. The van der Waals surface area contributed by atoms with Gasteiger partial charge in [0, 0.05) is 11.8 Å². The van der Waals surface area contributed by atoms with Crippen molar-refractivity contribution in [1.82, 2.24) is 0 Å². The molecule has 0 rings (SSSR count). The van der Waals surface area contributed by atoms with Crippen molar-refractivity contribution in [2.24, 2.45) is 5.73 Å². The lowest BCUT2D eigenvalue weighted by Crippen LogP contribution is -1.87. The van der Waals surface area contributed by atoms with Crippen molar-refractivity contribution >= 4 is 5.78 Å². The van der Waals surface area contributed by atoms with Gasteiger partial charge in [0.2, 0.25) is 0 Å². The number of hydrogen-bond acceptors (Lipinski definition) is 4. The van der Waals surface area contributed by atoms with Gasteiger partial charge in [-0.1, -0.05) is 0 Å². The third kappa shape index (κ3) is 24.1. The zero-order valence-corrected chi connectivity index (χ0v) is 7.16. The van der Waals surface area contributed by atoms with Crippen molar-refractivity contribution in [3.8, 4) is 12.1 Å². The molecular formula is C8H11N3O. The van der Waals surface area contributed by atoms with E-state index in [4.69, 9.17) is 16.3 Å². The van der Waals surface area contributed by atoms with Crippen LogP contribution in [0.3, 0.4) is 0 Å². The van der Waals surface area contributed by atoms with Gasteiger partial charge in [0.25, 0.3) is 0 Å². The fourth-order valence-electron chi connectivity index (χ4n) is 0.213. The van der Waals surface area contributed by atoms with Gasteiger partial charge in [0.15, 0.2) is 0 Å². The SMILES string of the molecule is CC(=O)CC#N.CC(N)=CC#N. The molecule has 0 aliphatic heterocycles. The first kappa shape index (κ1) is 12.8. The molecule has 0 aliphatic carbocycles. The molecule has 0 amide bonds. The number of rotatable bonds is 1. The van der Waals surface area contributed by atoms with E-state index in [-0.39, 0.29) is 12.2 Å². The Labute approximate surface area is 71.9 Å². The Balaban J connectivity index is 0. The second-order valence-electron chi connectivity index (χ2n) is 2.05. The summed E-state index contributed by atoms with van der Waals surface area (Å²) in [5.74, 6) is -0.0718. The van der Waals surface area contributed by atoms with Gasteiger partial charge < -0.3 is 5.73 Å². The Bertz CT molecular complexity index is 238. The first-order valence-corrected chi connectivity index (χ1v) is 3.22. The number of Topliss-reactive ketones (excluding diaryl/α,β-unsaturated/α-hetero) is 1. The Morgan fingerprint density at radius 1 is 1.50 bits per heavy atom. The molecule has 0 unspecified atom stereocenters. The van der Waals surface area contributed by atoms with E-state index in [1.165, 1.54) is 13.0 Å². The van der Waals surface area contributed by atoms with Gasteiger partial charge in [-0.25, -0.2) is 0 Å². The van der Waals surface area contributed by atoms with Crippen LogP contribution in [0.1, 0.15) is 20.3 Å². The third-order valence-electron chi connectivity index (χ3n) is 0.620. The van der Waals surface area contributed by atoms with Crippen molar-refractivity contribution in [2.75, 3.05) is 0 Å². The molecule has 0 aromatic rings. The van der Waals surface area contributed by atoms with E-state index in [0.717, 1.165) is 0 Å². The molecule has 0 fully saturated rings. The minimum absolute atomic E-state index is 0.0417. The zero-order chi connectivity index (χ0) is 9.98. The maximum atomic E-state index is 9.82. The summed E-state index contributed by atoms with van der Waals surface area (Å²) >= 11 is 0. The molecule has 0 aliphatic rings. The fraction of sp³-hybridized carbons (Fsp3) is 0.375. The Morgan fingerprint density at radius 3 is 2.00 bits per heavy atom. The lowest BCUT2D eigenvalue weighted by Gasteiger charge is -1.74. The van der Waals surface area contributed by atoms with Crippen LogP contribution in [0.25, 0.3) is 0 Å². The van der Waals surface area contributed by atoms with Gasteiger partial charge in [-0.2, -0.15) is 10.5 Å². The summed E-state index contributed by atoms with van der Waals surface area (Å²) in [5.41, 5.74) is 5.59. The van der Waals surface area contributed by atoms with Crippen LogP contribution in [0.5, 0.6) is 0 Å². The number of allylic oxidation sites excluding steroid dienone is 2.